The zero-order valence-corrected chi connectivity index (χ0v) is 33.5. The van der Waals surface area contributed by atoms with Crippen molar-refractivity contribution in [1.29, 1.82) is 0 Å². The fourth-order valence-electron chi connectivity index (χ4n) is 12.8. The summed E-state index contributed by atoms with van der Waals surface area (Å²) in [6.07, 6.45) is 5.71. The monoisotopic (exact) mass is 742 g/mol. The van der Waals surface area contributed by atoms with E-state index >= 15 is 0 Å². The summed E-state index contributed by atoms with van der Waals surface area (Å²) < 4.78 is 29.6. The number of carbonyl (C=O) groups is 5. The average molecular weight is 743 g/mol. The standard InChI is InChI=1S/C42H62O11/c1-23(43)49-22-30-34(51-25(3)45)29(50-24(2)44)20-33(52-30)53-32-12-13-40(8)31(37(32,4)5)11-14-42(10)35(40)28(46)19-26-27-21-39(7,36(47)48)16-15-38(27,6)17-18-41(26,42)9/h19,27,29-35H,11-18,20-22H2,1-10H3,(H,47,48)/t27-,29-,30+,31-,32-,33+,34+,35+,38+,39-,40-,41+,42+/m0/s1. The number of ether oxygens (including phenoxy) is 5. The highest BCUT2D eigenvalue weighted by Gasteiger charge is 2.70. The first-order valence-electron chi connectivity index (χ1n) is 19.8. The van der Waals surface area contributed by atoms with E-state index in [1.807, 2.05) is 13.0 Å². The number of hydrogen-bond donors (Lipinski definition) is 1. The highest BCUT2D eigenvalue weighted by Crippen LogP contribution is 2.75. The van der Waals surface area contributed by atoms with Crippen LogP contribution in [0.3, 0.4) is 0 Å². The zero-order valence-electron chi connectivity index (χ0n) is 33.5. The number of hydrogen-bond acceptors (Lipinski definition) is 10. The van der Waals surface area contributed by atoms with Gasteiger partial charge in [-0.05, 0) is 110 Å². The zero-order chi connectivity index (χ0) is 39.1. The number of carbonyl (C=O) groups excluding carboxylic acids is 4. The number of esters is 3. The van der Waals surface area contributed by atoms with Crippen molar-refractivity contribution in [3.05, 3.63) is 11.6 Å². The molecule has 1 aliphatic heterocycles. The van der Waals surface area contributed by atoms with E-state index in [4.69, 9.17) is 23.7 Å². The molecular formula is C42H62O11. The molecule has 53 heavy (non-hydrogen) atoms. The van der Waals surface area contributed by atoms with Crippen LogP contribution in [0.1, 0.15) is 133 Å². The Morgan fingerprint density at radius 3 is 2.13 bits per heavy atom. The minimum absolute atomic E-state index is 0.00660. The van der Waals surface area contributed by atoms with Gasteiger partial charge < -0.3 is 28.8 Å². The smallest absolute Gasteiger partial charge is 0.309 e. The van der Waals surface area contributed by atoms with E-state index in [0.29, 0.717) is 19.3 Å². The normalized spacial score (nSPS) is 45.9. The first kappa shape index (κ1) is 39.9. The van der Waals surface area contributed by atoms with Crippen molar-refractivity contribution in [2.75, 3.05) is 6.61 Å². The summed E-state index contributed by atoms with van der Waals surface area (Å²) in [7, 11) is 0. The molecule has 4 saturated carbocycles. The van der Waals surface area contributed by atoms with Gasteiger partial charge in [-0.15, -0.1) is 0 Å². The van der Waals surface area contributed by atoms with Crippen LogP contribution < -0.4 is 0 Å². The van der Waals surface area contributed by atoms with Crippen LogP contribution in [-0.2, 0) is 47.7 Å². The molecule has 11 nitrogen and oxygen atoms in total. The van der Waals surface area contributed by atoms with E-state index in [2.05, 4.69) is 41.5 Å². The van der Waals surface area contributed by atoms with E-state index in [0.717, 1.165) is 38.5 Å². The molecule has 6 aliphatic rings. The second-order valence-corrected chi connectivity index (χ2v) is 19.4. The van der Waals surface area contributed by atoms with Crippen molar-refractivity contribution in [2.45, 2.75) is 164 Å². The highest BCUT2D eigenvalue weighted by atomic mass is 16.7. The van der Waals surface area contributed by atoms with Crippen molar-refractivity contribution >= 4 is 29.7 Å². The number of rotatable bonds is 7. The van der Waals surface area contributed by atoms with Gasteiger partial charge in [-0.25, -0.2) is 0 Å². The van der Waals surface area contributed by atoms with Gasteiger partial charge in [0.05, 0.1) is 11.5 Å². The van der Waals surface area contributed by atoms with E-state index < -0.39 is 53.9 Å². The molecule has 1 N–H and O–H groups in total. The van der Waals surface area contributed by atoms with Crippen LogP contribution in [0.25, 0.3) is 0 Å². The highest BCUT2D eigenvalue weighted by molar-refractivity contribution is 5.95. The third-order valence-electron chi connectivity index (χ3n) is 15.9. The maximum Gasteiger partial charge on any atom is 0.309 e. The molecule has 0 amide bonds. The van der Waals surface area contributed by atoms with Crippen molar-refractivity contribution in [3.8, 4) is 0 Å². The molecule has 5 aliphatic carbocycles. The van der Waals surface area contributed by atoms with E-state index in [-0.39, 0.29) is 69.7 Å². The minimum atomic E-state index is -0.977. The van der Waals surface area contributed by atoms with Crippen LogP contribution in [0.2, 0.25) is 0 Å². The molecule has 0 aromatic carbocycles. The van der Waals surface area contributed by atoms with Crippen LogP contribution in [0.5, 0.6) is 0 Å². The van der Waals surface area contributed by atoms with Crippen molar-refractivity contribution in [3.63, 3.8) is 0 Å². The molecule has 0 radical (unpaired) electrons. The topological polar surface area (TPSA) is 152 Å². The van der Waals surface area contributed by atoms with Crippen molar-refractivity contribution < 1.29 is 52.8 Å². The lowest BCUT2D eigenvalue weighted by Gasteiger charge is -2.70. The largest absolute Gasteiger partial charge is 0.481 e. The Bertz CT molecular complexity index is 1570. The first-order valence-corrected chi connectivity index (χ1v) is 19.8. The quantitative estimate of drug-likeness (QED) is 0.163. The van der Waals surface area contributed by atoms with Crippen LogP contribution in [0.4, 0.5) is 0 Å². The number of allylic oxidation sites excluding steroid dienone is 2. The van der Waals surface area contributed by atoms with Gasteiger partial charge in [0, 0.05) is 33.1 Å². The minimum Gasteiger partial charge on any atom is -0.481 e. The lowest BCUT2D eigenvalue weighted by molar-refractivity contribution is -0.299. The molecule has 5 fully saturated rings. The van der Waals surface area contributed by atoms with Gasteiger partial charge in [0.25, 0.3) is 0 Å². The van der Waals surface area contributed by atoms with Crippen LogP contribution in [0.15, 0.2) is 11.6 Å². The molecule has 11 heteroatoms. The Kier molecular flexibility index (Phi) is 10.1. The Morgan fingerprint density at radius 2 is 1.51 bits per heavy atom. The SMILES string of the molecule is CC(=O)OC[C@H]1O[C@H](O[C@H]2CC[C@]3(C)[C@H]4C(=O)C=C5[C@@H]6C[C@@](C)(C(=O)O)CC[C@]6(C)CC[C@@]5(C)[C@]4(C)CC[C@H]3C2(C)C)C[C@H](OC(C)=O)[C@H]1OC(C)=O. The number of carboxylic acids is 1. The summed E-state index contributed by atoms with van der Waals surface area (Å²) in [6, 6.07) is 0. The molecule has 1 heterocycles. The predicted octanol–water partition coefficient (Wildman–Crippen LogP) is 6.98. The summed E-state index contributed by atoms with van der Waals surface area (Å²) >= 11 is 0. The predicted molar refractivity (Wildman–Crippen MR) is 193 cm³/mol. The van der Waals surface area contributed by atoms with Gasteiger partial charge in [0.2, 0.25) is 0 Å². The lowest BCUT2D eigenvalue weighted by atomic mass is 9.33. The van der Waals surface area contributed by atoms with Gasteiger partial charge in [0.15, 0.2) is 18.2 Å². The van der Waals surface area contributed by atoms with Gasteiger partial charge in [-0.2, -0.15) is 0 Å². The van der Waals surface area contributed by atoms with Crippen LogP contribution in [-0.4, -0.2) is 72.1 Å². The van der Waals surface area contributed by atoms with Gasteiger partial charge >= 0.3 is 23.9 Å². The summed E-state index contributed by atoms with van der Waals surface area (Å²) in [5, 5.41) is 10.2. The van der Waals surface area contributed by atoms with E-state index in [1.165, 1.54) is 26.3 Å². The summed E-state index contributed by atoms with van der Waals surface area (Å²) in [6.45, 7) is 19.3. The van der Waals surface area contributed by atoms with Crippen LogP contribution >= 0.6 is 0 Å². The average Bonchev–Trinajstić information content (AvgIpc) is 3.04. The van der Waals surface area contributed by atoms with Crippen molar-refractivity contribution in [2.24, 2.45) is 50.2 Å². The van der Waals surface area contributed by atoms with Crippen LogP contribution in [0, 0.1) is 50.2 Å². The molecule has 0 unspecified atom stereocenters. The second kappa shape index (κ2) is 13.5. The number of fused-ring (bicyclic) bond motifs is 7. The molecule has 0 spiro atoms. The summed E-state index contributed by atoms with van der Waals surface area (Å²) in [5.74, 6) is -2.13. The van der Waals surface area contributed by atoms with E-state index in [1.54, 1.807) is 0 Å². The maximum atomic E-state index is 14.8. The van der Waals surface area contributed by atoms with E-state index in [9.17, 15) is 29.1 Å². The number of ketones is 1. The molecule has 0 bridgehead atoms. The molecule has 13 atom stereocenters. The molecule has 296 valence electrons. The summed E-state index contributed by atoms with van der Waals surface area (Å²) in [5.41, 5.74) is -0.752. The fraction of sp³-hybridized carbons (Fsp3) is 0.833. The third-order valence-corrected chi connectivity index (χ3v) is 15.9. The second-order valence-electron chi connectivity index (χ2n) is 19.4. The van der Waals surface area contributed by atoms with Gasteiger partial charge in [-0.3, -0.25) is 24.0 Å². The molecule has 0 aromatic rings. The molecule has 6 rings (SSSR count). The Balaban J connectivity index is 1.27. The molecule has 0 aromatic heterocycles. The Hall–Kier alpha value is -2.79. The molecular weight excluding hydrogens is 680 g/mol. The Morgan fingerprint density at radius 1 is 0.849 bits per heavy atom. The lowest BCUT2D eigenvalue weighted by Crippen LogP contribution is -2.67. The number of carboxylic acid groups (broad SMARTS) is 1. The Labute approximate surface area is 314 Å². The third kappa shape index (κ3) is 6.47. The van der Waals surface area contributed by atoms with Crippen molar-refractivity contribution in [1.82, 2.24) is 0 Å². The molecule has 1 saturated heterocycles. The summed E-state index contributed by atoms with van der Waals surface area (Å²) in [4.78, 5) is 63.2. The first-order chi connectivity index (χ1) is 24.5. The number of aliphatic carboxylic acids is 1. The fourth-order valence-corrected chi connectivity index (χ4v) is 12.8. The van der Waals surface area contributed by atoms with Gasteiger partial charge in [-0.1, -0.05) is 47.1 Å². The van der Waals surface area contributed by atoms with Gasteiger partial charge in [0.1, 0.15) is 18.8 Å². The maximum absolute atomic E-state index is 14.8.